The molecule has 100 valence electrons. The highest BCUT2D eigenvalue weighted by molar-refractivity contribution is 14.1. The van der Waals surface area contributed by atoms with Gasteiger partial charge in [-0.25, -0.2) is 0 Å². The van der Waals surface area contributed by atoms with Crippen LogP contribution in [0.3, 0.4) is 0 Å². The maximum Gasteiger partial charge on any atom is 0.261 e. The topological polar surface area (TPSA) is 64.3 Å². The standard InChI is InChI=1S/C15H11IN2O2/c1-18(12-5-2-10(9-17)3-6-12)15(20)13-8-11(16)4-7-14(13)19/h2-8,19H,1H3. The molecule has 20 heavy (non-hydrogen) atoms. The summed E-state index contributed by atoms with van der Waals surface area (Å²) in [6, 6.07) is 13.6. The van der Waals surface area contributed by atoms with E-state index in [9.17, 15) is 9.90 Å². The third-order valence-electron chi connectivity index (χ3n) is 2.88. The lowest BCUT2D eigenvalue weighted by Gasteiger charge is -2.18. The fourth-order valence-corrected chi connectivity index (χ4v) is 2.23. The van der Waals surface area contributed by atoms with Gasteiger partial charge in [-0.3, -0.25) is 4.79 Å². The Hall–Kier alpha value is -2.07. The molecule has 4 nitrogen and oxygen atoms in total. The van der Waals surface area contributed by atoms with E-state index in [1.807, 2.05) is 6.07 Å². The van der Waals surface area contributed by atoms with Gasteiger partial charge in [-0.1, -0.05) is 0 Å². The lowest BCUT2D eigenvalue weighted by atomic mass is 10.1. The smallest absolute Gasteiger partial charge is 0.261 e. The summed E-state index contributed by atoms with van der Waals surface area (Å²) in [7, 11) is 1.63. The first-order chi connectivity index (χ1) is 9.52. The Kier molecular flexibility index (Phi) is 4.25. The van der Waals surface area contributed by atoms with Crippen molar-refractivity contribution in [2.24, 2.45) is 0 Å². The van der Waals surface area contributed by atoms with Crippen molar-refractivity contribution in [2.75, 3.05) is 11.9 Å². The Bertz CT molecular complexity index is 690. The maximum absolute atomic E-state index is 12.4. The molecular formula is C15H11IN2O2. The van der Waals surface area contributed by atoms with Crippen LogP contribution in [0.5, 0.6) is 5.75 Å². The normalized spacial score (nSPS) is 9.85. The van der Waals surface area contributed by atoms with Crippen molar-refractivity contribution in [2.45, 2.75) is 0 Å². The third kappa shape index (κ3) is 2.91. The van der Waals surface area contributed by atoms with Gasteiger partial charge in [0.05, 0.1) is 17.2 Å². The van der Waals surface area contributed by atoms with Crippen LogP contribution in [0.2, 0.25) is 0 Å². The lowest BCUT2D eigenvalue weighted by molar-refractivity contribution is 0.0990. The molecule has 0 aliphatic rings. The molecule has 0 fully saturated rings. The second kappa shape index (κ2) is 5.92. The number of halogens is 1. The number of nitriles is 1. The van der Waals surface area contributed by atoms with E-state index in [-0.39, 0.29) is 17.2 Å². The average Bonchev–Trinajstić information content (AvgIpc) is 2.48. The minimum Gasteiger partial charge on any atom is -0.507 e. The monoisotopic (exact) mass is 378 g/mol. The number of aromatic hydroxyl groups is 1. The van der Waals surface area contributed by atoms with Crippen molar-refractivity contribution >= 4 is 34.2 Å². The molecule has 0 aromatic heterocycles. The van der Waals surface area contributed by atoms with Crippen molar-refractivity contribution in [1.29, 1.82) is 5.26 Å². The molecule has 2 aromatic rings. The highest BCUT2D eigenvalue weighted by Crippen LogP contribution is 2.23. The summed E-state index contributed by atoms with van der Waals surface area (Å²) in [5.74, 6) is -0.346. The van der Waals surface area contributed by atoms with E-state index in [1.54, 1.807) is 43.4 Å². The summed E-state index contributed by atoms with van der Waals surface area (Å²) < 4.78 is 0.872. The first-order valence-corrected chi connectivity index (χ1v) is 6.87. The van der Waals surface area contributed by atoms with Gasteiger partial charge in [0, 0.05) is 16.3 Å². The van der Waals surface area contributed by atoms with Crippen LogP contribution in [0, 0.1) is 14.9 Å². The molecule has 0 radical (unpaired) electrons. The van der Waals surface area contributed by atoms with E-state index in [0.717, 1.165) is 3.57 Å². The number of amides is 1. The number of anilines is 1. The highest BCUT2D eigenvalue weighted by Gasteiger charge is 2.17. The number of hydrogen-bond donors (Lipinski definition) is 1. The Morgan fingerprint density at radius 2 is 1.90 bits per heavy atom. The van der Waals surface area contributed by atoms with E-state index in [0.29, 0.717) is 11.3 Å². The van der Waals surface area contributed by atoms with E-state index in [4.69, 9.17) is 5.26 Å². The molecule has 0 spiro atoms. The quantitative estimate of drug-likeness (QED) is 0.817. The fourth-order valence-electron chi connectivity index (χ4n) is 1.74. The zero-order valence-electron chi connectivity index (χ0n) is 10.7. The molecule has 1 N–H and O–H groups in total. The third-order valence-corrected chi connectivity index (χ3v) is 3.55. The van der Waals surface area contributed by atoms with Gasteiger partial charge in [0.1, 0.15) is 5.75 Å². The van der Waals surface area contributed by atoms with Crippen LogP contribution >= 0.6 is 22.6 Å². The van der Waals surface area contributed by atoms with E-state index < -0.39 is 0 Å². The van der Waals surface area contributed by atoms with Gasteiger partial charge in [0.25, 0.3) is 5.91 Å². The Balaban J connectivity index is 2.32. The molecule has 0 saturated carbocycles. The molecule has 0 bridgehead atoms. The first kappa shape index (κ1) is 14.3. The van der Waals surface area contributed by atoms with Crippen LogP contribution in [-0.2, 0) is 0 Å². The molecule has 0 heterocycles. The number of rotatable bonds is 2. The number of hydrogen-bond acceptors (Lipinski definition) is 3. The Morgan fingerprint density at radius 3 is 2.50 bits per heavy atom. The molecule has 5 heteroatoms. The molecule has 2 aromatic carbocycles. The van der Waals surface area contributed by atoms with Crippen LogP contribution in [0.15, 0.2) is 42.5 Å². The van der Waals surface area contributed by atoms with Crippen molar-refractivity contribution in [3.05, 3.63) is 57.2 Å². The maximum atomic E-state index is 12.4. The summed E-state index contributed by atoms with van der Waals surface area (Å²) in [6.45, 7) is 0. The minimum atomic E-state index is -0.300. The molecule has 2 rings (SSSR count). The van der Waals surface area contributed by atoms with Gasteiger partial charge in [-0.05, 0) is 65.1 Å². The second-order valence-corrected chi connectivity index (χ2v) is 5.43. The summed E-state index contributed by atoms with van der Waals surface area (Å²) in [5.41, 5.74) is 1.45. The zero-order valence-corrected chi connectivity index (χ0v) is 12.8. The molecule has 0 atom stereocenters. The highest BCUT2D eigenvalue weighted by atomic mass is 127. The summed E-state index contributed by atoms with van der Waals surface area (Å²) in [4.78, 5) is 13.8. The van der Waals surface area contributed by atoms with Gasteiger partial charge in [0.2, 0.25) is 0 Å². The zero-order chi connectivity index (χ0) is 14.7. The van der Waals surface area contributed by atoms with Crippen molar-refractivity contribution in [1.82, 2.24) is 0 Å². The van der Waals surface area contributed by atoms with Crippen LogP contribution < -0.4 is 4.90 Å². The van der Waals surface area contributed by atoms with Gasteiger partial charge in [-0.15, -0.1) is 0 Å². The molecule has 0 aliphatic carbocycles. The van der Waals surface area contributed by atoms with E-state index >= 15 is 0 Å². The first-order valence-electron chi connectivity index (χ1n) is 5.79. The Labute approximate surface area is 130 Å². The SMILES string of the molecule is CN(C(=O)c1cc(I)ccc1O)c1ccc(C#N)cc1. The summed E-state index contributed by atoms with van der Waals surface area (Å²) in [5, 5.41) is 18.5. The number of phenols is 1. The number of carbonyl (C=O) groups excluding carboxylic acids is 1. The lowest BCUT2D eigenvalue weighted by Crippen LogP contribution is -2.26. The molecule has 0 unspecified atom stereocenters. The number of carbonyl (C=O) groups is 1. The number of nitrogens with zero attached hydrogens (tertiary/aromatic N) is 2. The van der Waals surface area contributed by atoms with Crippen LogP contribution in [0.25, 0.3) is 0 Å². The van der Waals surface area contributed by atoms with Gasteiger partial charge >= 0.3 is 0 Å². The minimum absolute atomic E-state index is 0.0455. The fraction of sp³-hybridized carbons (Fsp3) is 0.0667. The number of benzene rings is 2. The van der Waals surface area contributed by atoms with Gasteiger partial charge in [0.15, 0.2) is 0 Å². The molecule has 0 aliphatic heterocycles. The van der Waals surface area contributed by atoms with Crippen molar-refractivity contribution in [3.63, 3.8) is 0 Å². The summed E-state index contributed by atoms with van der Waals surface area (Å²) >= 11 is 2.08. The predicted molar refractivity (Wildman–Crippen MR) is 84.7 cm³/mol. The number of phenolic OH excluding ortho intramolecular Hbond substituents is 1. The van der Waals surface area contributed by atoms with Gasteiger partial charge in [-0.2, -0.15) is 5.26 Å². The van der Waals surface area contributed by atoms with Crippen LogP contribution in [-0.4, -0.2) is 18.1 Å². The van der Waals surface area contributed by atoms with Gasteiger partial charge < -0.3 is 10.0 Å². The molecular weight excluding hydrogens is 367 g/mol. The summed E-state index contributed by atoms with van der Waals surface area (Å²) in [6.07, 6.45) is 0. The molecule has 1 amide bonds. The van der Waals surface area contributed by atoms with Crippen LogP contribution in [0.1, 0.15) is 15.9 Å². The van der Waals surface area contributed by atoms with E-state index in [1.165, 1.54) is 11.0 Å². The second-order valence-electron chi connectivity index (χ2n) is 4.18. The molecule has 0 saturated heterocycles. The Morgan fingerprint density at radius 1 is 1.25 bits per heavy atom. The predicted octanol–water partition coefficient (Wildman–Crippen LogP) is 3.15. The van der Waals surface area contributed by atoms with Crippen LogP contribution in [0.4, 0.5) is 5.69 Å². The average molecular weight is 378 g/mol. The van der Waals surface area contributed by atoms with Crippen molar-refractivity contribution in [3.8, 4) is 11.8 Å². The van der Waals surface area contributed by atoms with Crippen molar-refractivity contribution < 1.29 is 9.90 Å². The van der Waals surface area contributed by atoms with E-state index in [2.05, 4.69) is 22.6 Å². The largest absolute Gasteiger partial charge is 0.507 e.